The Hall–Kier alpha value is -1.42. The second kappa shape index (κ2) is 3.32. The van der Waals surface area contributed by atoms with E-state index in [-0.39, 0.29) is 0 Å². The maximum absolute atomic E-state index is 9.60. The van der Waals surface area contributed by atoms with Gasteiger partial charge in [-0.2, -0.15) is 0 Å². The molecule has 64 valence electrons. The van der Waals surface area contributed by atoms with Gasteiger partial charge in [0.15, 0.2) is 5.72 Å². The summed E-state index contributed by atoms with van der Waals surface area (Å²) in [6, 6.07) is -0.613. The fraction of sp³-hybridized carbons (Fsp3) is 1.00. The van der Waals surface area contributed by atoms with E-state index in [9.17, 15) is 5.11 Å². The zero-order valence-electron chi connectivity index (χ0n) is 6.33. The molecule has 1 aliphatic rings. The summed E-state index contributed by atoms with van der Waals surface area (Å²) < 4.78 is 0. The van der Waals surface area contributed by atoms with Crippen molar-refractivity contribution in [3.8, 4) is 0 Å². The van der Waals surface area contributed by atoms with Crippen molar-refractivity contribution >= 4 is 0 Å². The molecule has 0 heterocycles. The van der Waals surface area contributed by atoms with Crippen molar-refractivity contribution in [2.75, 3.05) is 0 Å². The van der Waals surface area contributed by atoms with Crippen LogP contribution in [0.4, 0.5) is 0 Å². The van der Waals surface area contributed by atoms with E-state index < -0.39 is 11.8 Å². The maximum atomic E-state index is 9.60. The third-order valence-electron chi connectivity index (χ3n) is 1.96. The van der Waals surface area contributed by atoms with E-state index in [0.717, 1.165) is 0 Å². The Labute approximate surface area is 68.3 Å². The number of hydrogen-bond donors (Lipinski definition) is 1. The van der Waals surface area contributed by atoms with E-state index in [2.05, 4.69) is 20.1 Å². The van der Waals surface area contributed by atoms with Crippen molar-refractivity contribution in [3.05, 3.63) is 20.9 Å². The van der Waals surface area contributed by atoms with Crippen LogP contribution in [0.2, 0.25) is 0 Å². The van der Waals surface area contributed by atoms with E-state index in [1.807, 2.05) is 0 Å². The smallest absolute Gasteiger partial charge is 0.152 e. The minimum Gasteiger partial charge on any atom is -0.383 e. The van der Waals surface area contributed by atoms with Crippen molar-refractivity contribution in [2.24, 2.45) is 10.2 Å². The molecule has 12 heavy (non-hydrogen) atoms. The van der Waals surface area contributed by atoms with Crippen molar-refractivity contribution in [2.45, 2.75) is 31.0 Å². The number of azide groups is 2. The van der Waals surface area contributed by atoms with Crippen LogP contribution >= 0.6 is 0 Å². The Balaban J connectivity index is 2.87. The Kier molecular flexibility index (Phi) is 2.40. The van der Waals surface area contributed by atoms with Crippen LogP contribution in [0.5, 0.6) is 0 Å². The van der Waals surface area contributed by atoms with Gasteiger partial charge in [-0.25, -0.2) is 0 Å². The molecule has 1 aliphatic carbocycles. The molecule has 0 spiro atoms. The molecular weight excluding hydrogens is 160 g/mol. The zero-order valence-corrected chi connectivity index (χ0v) is 6.33. The summed E-state index contributed by atoms with van der Waals surface area (Å²) in [6.07, 6.45) is 1.64. The summed E-state index contributed by atoms with van der Waals surface area (Å²) in [5, 5.41) is 16.2. The molecule has 1 saturated carbocycles. The van der Waals surface area contributed by atoms with E-state index in [4.69, 9.17) is 11.1 Å². The predicted molar refractivity (Wildman–Crippen MR) is 40.9 cm³/mol. The largest absolute Gasteiger partial charge is 0.383 e. The third-order valence-corrected chi connectivity index (χ3v) is 1.96. The number of aliphatic hydroxyl groups is 1. The van der Waals surface area contributed by atoms with E-state index in [1.54, 1.807) is 0 Å². The second-order valence-corrected chi connectivity index (χ2v) is 2.68. The van der Waals surface area contributed by atoms with E-state index in [1.165, 1.54) is 0 Å². The highest BCUT2D eigenvalue weighted by atomic mass is 16.3. The lowest BCUT2D eigenvalue weighted by atomic mass is 10.1. The summed E-state index contributed by atoms with van der Waals surface area (Å²) in [6.45, 7) is 0. The van der Waals surface area contributed by atoms with E-state index in [0.29, 0.717) is 19.3 Å². The van der Waals surface area contributed by atoms with Gasteiger partial charge in [0, 0.05) is 9.82 Å². The second-order valence-electron chi connectivity index (χ2n) is 2.68. The summed E-state index contributed by atoms with van der Waals surface area (Å²) in [4.78, 5) is 5.09. The highest BCUT2D eigenvalue weighted by Crippen LogP contribution is 2.33. The molecule has 7 nitrogen and oxygen atoms in total. The maximum Gasteiger partial charge on any atom is 0.152 e. The predicted octanol–water partition coefficient (Wildman–Crippen LogP) is 1.85. The Morgan fingerprint density at radius 3 is 2.75 bits per heavy atom. The highest BCUT2D eigenvalue weighted by Gasteiger charge is 2.39. The van der Waals surface area contributed by atoms with Crippen LogP contribution in [0, 0.1) is 0 Å². The molecule has 0 aromatic heterocycles. The minimum atomic E-state index is -1.50. The highest BCUT2D eigenvalue weighted by molar-refractivity contribution is 4.95. The van der Waals surface area contributed by atoms with Crippen molar-refractivity contribution in [1.29, 1.82) is 0 Å². The number of rotatable bonds is 2. The lowest BCUT2D eigenvalue weighted by Crippen LogP contribution is -2.32. The van der Waals surface area contributed by atoms with Gasteiger partial charge in [0.05, 0.1) is 6.04 Å². The van der Waals surface area contributed by atoms with Gasteiger partial charge in [0.2, 0.25) is 0 Å². The number of nitrogens with zero attached hydrogens (tertiary/aromatic N) is 6. The lowest BCUT2D eigenvalue weighted by molar-refractivity contribution is 0.0395. The van der Waals surface area contributed by atoms with Crippen LogP contribution in [0.3, 0.4) is 0 Å². The van der Waals surface area contributed by atoms with Crippen molar-refractivity contribution in [1.82, 2.24) is 0 Å². The molecular formula is C5H8N6O. The van der Waals surface area contributed by atoms with Gasteiger partial charge >= 0.3 is 0 Å². The molecule has 0 amide bonds. The van der Waals surface area contributed by atoms with Crippen LogP contribution < -0.4 is 0 Å². The van der Waals surface area contributed by atoms with Gasteiger partial charge in [-0.15, -0.1) is 0 Å². The first-order valence-electron chi connectivity index (χ1n) is 3.56. The average Bonchev–Trinajstić information content (AvgIpc) is 2.35. The fourth-order valence-electron chi connectivity index (χ4n) is 1.36. The summed E-state index contributed by atoms with van der Waals surface area (Å²) in [7, 11) is 0. The molecule has 0 aliphatic heterocycles. The molecule has 0 aromatic carbocycles. The van der Waals surface area contributed by atoms with Gasteiger partial charge in [-0.05, 0) is 30.3 Å². The summed E-state index contributed by atoms with van der Waals surface area (Å²) in [5.41, 5.74) is 14.8. The molecule has 0 aromatic rings. The fourth-order valence-corrected chi connectivity index (χ4v) is 1.36. The normalized spacial score (nSPS) is 33.6. The Morgan fingerprint density at radius 1 is 1.42 bits per heavy atom. The summed E-state index contributed by atoms with van der Waals surface area (Å²) in [5.74, 6) is 0. The molecule has 1 fully saturated rings. The van der Waals surface area contributed by atoms with Crippen LogP contribution in [0.15, 0.2) is 10.2 Å². The molecule has 2 atom stereocenters. The first-order valence-corrected chi connectivity index (χ1v) is 3.56. The first kappa shape index (κ1) is 8.67. The molecule has 0 saturated heterocycles. The minimum absolute atomic E-state index is 0.362. The lowest BCUT2D eigenvalue weighted by Gasteiger charge is -2.19. The van der Waals surface area contributed by atoms with Crippen molar-refractivity contribution < 1.29 is 5.11 Å². The molecule has 1 N–H and O–H groups in total. The Bertz CT molecular complexity index is 265. The zero-order chi connectivity index (χ0) is 9.03. The van der Waals surface area contributed by atoms with Crippen LogP contribution in [-0.4, -0.2) is 16.9 Å². The van der Waals surface area contributed by atoms with Gasteiger partial charge in [-0.3, -0.25) is 0 Å². The third kappa shape index (κ3) is 1.43. The quantitative estimate of drug-likeness (QED) is 0.378. The SMILES string of the molecule is [N-]=[N+]=NC1CCCC1(O)N=[N+]=[N-]. The van der Waals surface area contributed by atoms with Gasteiger partial charge in [-0.1, -0.05) is 10.2 Å². The van der Waals surface area contributed by atoms with Crippen molar-refractivity contribution in [3.63, 3.8) is 0 Å². The van der Waals surface area contributed by atoms with Crippen LogP contribution in [-0.2, 0) is 0 Å². The Morgan fingerprint density at radius 2 is 2.17 bits per heavy atom. The summed E-state index contributed by atoms with van der Waals surface area (Å²) >= 11 is 0. The van der Waals surface area contributed by atoms with E-state index >= 15 is 0 Å². The molecule has 7 heteroatoms. The molecule has 2 unspecified atom stereocenters. The van der Waals surface area contributed by atoms with Gasteiger partial charge < -0.3 is 5.11 Å². The monoisotopic (exact) mass is 168 g/mol. The number of hydrogen-bond acceptors (Lipinski definition) is 3. The molecule has 0 radical (unpaired) electrons. The topological polar surface area (TPSA) is 118 Å². The van der Waals surface area contributed by atoms with Crippen LogP contribution in [0.25, 0.3) is 20.9 Å². The van der Waals surface area contributed by atoms with Gasteiger partial charge in [0.25, 0.3) is 0 Å². The van der Waals surface area contributed by atoms with Crippen LogP contribution in [0.1, 0.15) is 19.3 Å². The average molecular weight is 168 g/mol. The molecule has 1 rings (SSSR count). The first-order chi connectivity index (χ1) is 5.73. The standard InChI is InChI=1S/C5H8N6O/c6-10-8-4-2-1-3-5(4,12)9-11-7/h4,12H,1-3H2. The van der Waals surface area contributed by atoms with Gasteiger partial charge in [0.1, 0.15) is 0 Å². The molecule has 0 bridgehead atoms.